The lowest BCUT2D eigenvalue weighted by Gasteiger charge is -2.32. The lowest BCUT2D eigenvalue weighted by atomic mass is 9.99. The van der Waals surface area contributed by atoms with Gasteiger partial charge in [0.1, 0.15) is 5.56 Å². The number of carbonyl (C=O) groups is 1. The van der Waals surface area contributed by atoms with Crippen LogP contribution >= 0.6 is 0 Å². The molecule has 1 aliphatic rings. The minimum Gasteiger partial charge on any atom is -0.366 e. The van der Waals surface area contributed by atoms with Gasteiger partial charge in [-0.1, -0.05) is 24.3 Å². The topological polar surface area (TPSA) is 42.3 Å². The average Bonchev–Trinajstić information content (AvgIpc) is 2.54. The van der Waals surface area contributed by atoms with Crippen molar-refractivity contribution in [1.29, 1.82) is 0 Å². The summed E-state index contributed by atoms with van der Waals surface area (Å²) in [4.78, 5) is 26.1. The Hall–Kier alpha value is -2.36. The van der Waals surface area contributed by atoms with E-state index in [1.165, 1.54) is 11.1 Å². The maximum Gasteiger partial charge on any atom is 0.263 e. The third kappa shape index (κ3) is 2.34. The standard InChI is InChI=1S/C18H20N2O2/c1-3-20-13(2)10-17(16(12-21)18(20)22)19-9-8-14-6-4-5-7-15(14)11-19/h4-7,10,12H,3,8-9,11H2,1-2H3. The Morgan fingerprint density at radius 3 is 2.64 bits per heavy atom. The quantitative estimate of drug-likeness (QED) is 0.818. The Balaban J connectivity index is 2.06. The molecular formula is C18H20N2O2. The number of benzene rings is 1. The van der Waals surface area contributed by atoms with Gasteiger partial charge in [0.25, 0.3) is 5.56 Å². The molecule has 0 N–H and O–H groups in total. The molecule has 0 saturated heterocycles. The summed E-state index contributed by atoms with van der Waals surface area (Å²) in [7, 11) is 0. The van der Waals surface area contributed by atoms with Crippen LogP contribution in [-0.2, 0) is 19.5 Å². The van der Waals surface area contributed by atoms with Crippen LogP contribution in [0.5, 0.6) is 0 Å². The number of hydrogen-bond donors (Lipinski definition) is 0. The zero-order valence-corrected chi connectivity index (χ0v) is 13.0. The summed E-state index contributed by atoms with van der Waals surface area (Å²) in [5.41, 5.74) is 4.36. The van der Waals surface area contributed by atoms with Crippen LogP contribution in [0.15, 0.2) is 35.1 Å². The van der Waals surface area contributed by atoms with E-state index in [9.17, 15) is 9.59 Å². The van der Waals surface area contributed by atoms with Gasteiger partial charge in [0.15, 0.2) is 6.29 Å². The van der Waals surface area contributed by atoms with E-state index in [1.54, 1.807) is 4.57 Å². The lowest BCUT2D eigenvalue weighted by molar-refractivity contribution is 0.112. The molecule has 0 bridgehead atoms. The summed E-state index contributed by atoms with van der Waals surface area (Å²) in [6.07, 6.45) is 1.63. The molecule has 22 heavy (non-hydrogen) atoms. The van der Waals surface area contributed by atoms with Gasteiger partial charge in [0, 0.05) is 25.3 Å². The first-order chi connectivity index (χ1) is 10.7. The molecule has 0 unspecified atom stereocenters. The zero-order valence-electron chi connectivity index (χ0n) is 13.0. The number of hydrogen-bond acceptors (Lipinski definition) is 3. The van der Waals surface area contributed by atoms with Gasteiger partial charge in [-0.15, -0.1) is 0 Å². The van der Waals surface area contributed by atoms with Gasteiger partial charge in [-0.25, -0.2) is 0 Å². The molecule has 0 radical (unpaired) electrons. The summed E-state index contributed by atoms with van der Waals surface area (Å²) in [6.45, 7) is 5.98. The molecule has 0 atom stereocenters. The molecule has 4 nitrogen and oxygen atoms in total. The zero-order chi connectivity index (χ0) is 15.7. The highest BCUT2D eigenvalue weighted by Gasteiger charge is 2.21. The average molecular weight is 296 g/mol. The van der Waals surface area contributed by atoms with Crippen molar-refractivity contribution in [3.05, 3.63) is 63.1 Å². The SMILES string of the molecule is CCn1c(C)cc(N2CCc3ccccc3C2)c(C=O)c1=O. The van der Waals surface area contributed by atoms with Crippen LogP contribution in [0.25, 0.3) is 0 Å². The van der Waals surface area contributed by atoms with Crippen molar-refractivity contribution in [2.45, 2.75) is 33.4 Å². The van der Waals surface area contributed by atoms with Crippen molar-refractivity contribution < 1.29 is 4.79 Å². The highest BCUT2D eigenvalue weighted by Crippen LogP contribution is 2.26. The minimum absolute atomic E-state index is 0.189. The Morgan fingerprint density at radius 2 is 1.95 bits per heavy atom. The second-order valence-electron chi connectivity index (χ2n) is 5.69. The molecule has 1 aliphatic heterocycles. The number of aromatic nitrogens is 1. The van der Waals surface area contributed by atoms with Crippen molar-refractivity contribution in [2.24, 2.45) is 0 Å². The smallest absolute Gasteiger partial charge is 0.263 e. The third-order valence-electron chi connectivity index (χ3n) is 4.43. The summed E-state index contributed by atoms with van der Waals surface area (Å²) in [5.74, 6) is 0. The molecule has 3 rings (SSSR count). The van der Waals surface area contributed by atoms with E-state index < -0.39 is 0 Å². The first-order valence-corrected chi connectivity index (χ1v) is 7.67. The fraction of sp³-hybridized carbons (Fsp3) is 0.333. The first-order valence-electron chi connectivity index (χ1n) is 7.67. The molecule has 1 aromatic carbocycles. The number of aryl methyl sites for hydroxylation is 1. The molecule has 0 spiro atoms. The number of nitrogens with zero attached hydrogens (tertiary/aromatic N) is 2. The van der Waals surface area contributed by atoms with Crippen LogP contribution in [0.3, 0.4) is 0 Å². The Morgan fingerprint density at radius 1 is 1.23 bits per heavy atom. The largest absolute Gasteiger partial charge is 0.366 e. The van der Waals surface area contributed by atoms with Crippen LogP contribution in [-0.4, -0.2) is 17.4 Å². The first kappa shape index (κ1) is 14.6. The van der Waals surface area contributed by atoms with Gasteiger partial charge >= 0.3 is 0 Å². The van der Waals surface area contributed by atoms with Gasteiger partial charge < -0.3 is 9.47 Å². The fourth-order valence-electron chi connectivity index (χ4n) is 3.24. The minimum atomic E-state index is -0.189. The van der Waals surface area contributed by atoms with Gasteiger partial charge in [-0.05, 0) is 37.5 Å². The maximum absolute atomic E-state index is 12.5. The number of rotatable bonds is 3. The van der Waals surface area contributed by atoms with Crippen molar-refractivity contribution in [3.63, 3.8) is 0 Å². The molecule has 0 saturated carbocycles. The van der Waals surface area contributed by atoms with Crippen molar-refractivity contribution in [1.82, 2.24) is 4.57 Å². The second kappa shape index (κ2) is 5.79. The maximum atomic E-state index is 12.5. The highest BCUT2D eigenvalue weighted by atomic mass is 16.1. The third-order valence-corrected chi connectivity index (χ3v) is 4.43. The number of anilines is 1. The summed E-state index contributed by atoms with van der Waals surface area (Å²) < 4.78 is 1.64. The normalized spacial score (nSPS) is 13.8. The number of fused-ring (bicyclic) bond motifs is 1. The second-order valence-corrected chi connectivity index (χ2v) is 5.69. The number of carbonyl (C=O) groups excluding carboxylic acids is 1. The van der Waals surface area contributed by atoms with Crippen LogP contribution < -0.4 is 10.5 Å². The Bertz CT molecular complexity index is 777. The molecular weight excluding hydrogens is 276 g/mol. The van der Waals surface area contributed by atoms with E-state index in [0.29, 0.717) is 12.8 Å². The monoisotopic (exact) mass is 296 g/mol. The van der Waals surface area contributed by atoms with Crippen molar-refractivity contribution in [2.75, 3.05) is 11.4 Å². The van der Waals surface area contributed by atoms with Crippen LogP contribution in [0.2, 0.25) is 0 Å². The van der Waals surface area contributed by atoms with Crippen molar-refractivity contribution in [3.8, 4) is 0 Å². The summed E-state index contributed by atoms with van der Waals surface area (Å²) in [6, 6.07) is 10.3. The van der Waals surface area contributed by atoms with Crippen LogP contribution in [0.1, 0.15) is 34.1 Å². The molecule has 0 fully saturated rings. The molecule has 1 aromatic heterocycles. The van der Waals surface area contributed by atoms with E-state index in [-0.39, 0.29) is 11.1 Å². The lowest BCUT2D eigenvalue weighted by Crippen LogP contribution is -2.34. The predicted octanol–water partition coefficient (Wildman–Crippen LogP) is 2.55. The molecule has 114 valence electrons. The van der Waals surface area contributed by atoms with E-state index in [4.69, 9.17) is 0 Å². The van der Waals surface area contributed by atoms with Gasteiger partial charge in [0.05, 0.1) is 5.69 Å². The molecule has 2 heterocycles. The van der Waals surface area contributed by atoms with E-state index >= 15 is 0 Å². The Labute approximate surface area is 130 Å². The molecule has 2 aromatic rings. The molecule has 0 aliphatic carbocycles. The van der Waals surface area contributed by atoms with Gasteiger partial charge in [-0.2, -0.15) is 0 Å². The van der Waals surface area contributed by atoms with E-state index in [1.807, 2.05) is 26.0 Å². The summed E-state index contributed by atoms with van der Waals surface area (Å²) in [5, 5.41) is 0. The highest BCUT2D eigenvalue weighted by molar-refractivity contribution is 5.84. The van der Waals surface area contributed by atoms with Crippen molar-refractivity contribution >= 4 is 12.0 Å². The molecule has 4 heteroatoms. The predicted molar refractivity (Wildman–Crippen MR) is 87.7 cm³/mol. The number of pyridine rings is 1. The number of aldehydes is 1. The Kier molecular flexibility index (Phi) is 3.84. The summed E-state index contributed by atoms with van der Waals surface area (Å²) >= 11 is 0. The van der Waals surface area contributed by atoms with E-state index in [2.05, 4.69) is 23.1 Å². The van der Waals surface area contributed by atoms with Crippen LogP contribution in [0, 0.1) is 6.92 Å². The fourth-order valence-corrected chi connectivity index (χ4v) is 3.24. The van der Waals surface area contributed by atoms with E-state index in [0.717, 1.165) is 30.9 Å². The van der Waals surface area contributed by atoms with Gasteiger partial charge in [0.2, 0.25) is 0 Å². The molecule has 0 amide bonds. The van der Waals surface area contributed by atoms with Gasteiger partial charge in [-0.3, -0.25) is 9.59 Å². The van der Waals surface area contributed by atoms with Crippen LogP contribution in [0.4, 0.5) is 5.69 Å².